The van der Waals surface area contributed by atoms with E-state index >= 15 is 0 Å². The van der Waals surface area contributed by atoms with E-state index in [-0.39, 0.29) is 6.03 Å². The maximum Gasteiger partial charge on any atom is 0.317 e. The lowest BCUT2D eigenvalue weighted by atomic mass is 10.1. The molecule has 0 aliphatic carbocycles. The number of hydrogen-bond donors (Lipinski definition) is 1. The summed E-state index contributed by atoms with van der Waals surface area (Å²) in [6, 6.07) is 13.8. The van der Waals surface area contributed by atoms with Crippen molar-refractivity contribution in [2.24, 2.45) is 0 Å². The van der Waals surface area contributed by atoms with Crippen molar-refractivity contribution in [3.8, 4) is 5.75 Å². The van der Waals surface area contributed by atoms with Gasteiger partial charge in [0, 0.05) is 38.9 Å². The number of nitrogens with zero attached hydrogens (tertiary/aromatic N) is 3. The third-order valence-corrected chi connectivity index (χ3v) is 4.36. The first kappa shape index (κ1) is 17.1. The Labute approximate surface area is 148 Å². The molecule has 25 heavy (non-hydrogen) atoms. The van der Waals surface area contributed by atoms with Crippen LogP contribution in [0.25, 0.3) is 0 Å². The summed E-state index contributed by atoms with van der Waals surface area (Å²) in [7, 11) is 1.66. The Balaban J connectivity index is 1.42. The van der Waals surface area contributed by atoms with Crippen LogP contribution >= 0.6 is 0 Å². The summed E-state index contributed by atoms with van der Waals surface area (Å²) < 4.78 is 5.22. The van der Waals surface area contributed by atoms with Crippen LogP contribution in [-0.2, 0) is 6.42 Å². The van der Waals surface area contributed by atoms with Gasteiger partial charge in [-0.15, -0.1) is 0 Å². The zero-order valence-electron chi connectivity index (χ0n) is 14.5. The van der Waals surface area contributed by atoms with E-state index in [1.54, 1.807) is 13.3 Å². The number of carbonyl (C=O) groups excluding carboxylic acids is 1. The number of nitrogens with one attached hydrogen (secondary N) is 1. The van der Waals surface area contributed by atoms with Crippen LogP contribution in [0.2, 0.25) is 0 Å². The molecule has 1 aliphatic heterocycles. The summed E-state index contributed by atoms with van der Waals surface area (Å²) in [5.41, 5.74) is 1.15. The van der Waals surface area contributed by atoms with Crippen molar-refractivity contribution in [2.45, 2.75) is 6.42 Å². The van der Waals surface area contributed by atoms with Gasteiger partial charge in [-0.25, -0.2) is 9.78 Å². The Hall–Kier alpha value is -2.76. The Bertz CT molecular complexity index is 685. The van der Waals surface area contributed by atoms with Crippen molar-refractivity contribution in [1.82, 2.24) is 15.2 Å². The molecule has 6 heteroatoms. The van der Waals surface area contributed by atoms with Crippen molar-refractivity contribution in [1.29, 1.82) is 0 Å². The molecule has 1 saturated heterocycles. The van der Waals surface area contributed by atoms with Gasteiger partial charge < -0.3 is 19.9 Å². The number of aromatic nitrogens is 1. The maximum atomic E-state index is 12.3. The zero-order chi connectivity index (χ0) is 17.5. The van der Waals surface area contributed by atoms with Gasteiger partial charge in [-0.1, -0.05) is 18.2 Å². The van der Waals surface area contributed by atoms with E-state index in [0.29, 0.717) is 19.6 Å². The van der Waals surface area contributed by atoms with E-state index in [1.807, 2.05) is 47.4 Å². The minimum atomic E-state index is 0.00330. The second-order valence-corrected chi connectivity index (χ2v) is 6.00. The number of rotatable bonds is 5. The Morgan fingerprint density at radius 2 is 2.00 bits per heavy atom. The predicted molar refractivity (Wildman–Crippen MR) is 98.1 cm³/mol. The van der Waals surface area contributed by atoms with Gasteiger partial charge in [0.1, 0.15) is 11.6 Å². The highest BCUT2D eigenvalue weighted by Gasteiger charge is 2.21. The first-order chi connectivity index (χ1) is 12.3. The topological polar surface area (TPSA) is 57.7 Å². The molecule has 6 nitrogen and oxygen atoms in total. The number of piperazine rings is 1. The molecule has 1 aromatic heterocycles. The summed E-state index contributed by atoms with van der Waals surface area (Å²) in [4.78, 5) is 20.8. The molecule has 132 valence electrons. The SMILES string of the molecule is COc1cccc(CCNC(=O)N2CCN(c3ccccn3)CC2)c1. The van der Waals surface area contributed by atoms with E-state index in [1.165, 1.54) is 0 Å². The van der Waals surface area contributed by atoms with Crippen molar-refractivity contribution in [3.05, 3.63) is 54.2 Å². The molecule has 0 saturated carbocycles. The number of anilines is 1. The van der Waals surface area contributed by atoms with E-state index < -0.39 is 0 Å². The molecule has 2 aromatic rings. The fourth-order valence-corrected chi connectivity index (χ4v) is 2.93. The largest absolute Gasteiger partial charge is 0.497 e. The van der Waals surface area contributed by atoms with Crippen molar-refractivity contribution >= 4 is 11.8 Å². The standard InChI is InChI=1S/C19H24N4O2/c1-25-17-6-4-5-16(15-17)8-10-21-19(24)23-13-11-22(12-14-23)18-7-2-3-9-20-18/h2-7,9,15H,8,10-14H2,1H3,(H,21,24). The predicted octanol–water partition coefficient (Wildman–Crippen LogP) is 2.16. The average molecular weight is 340 g/mol. The molecule has 2 amide bonds. The quantitative estimate of drug-likeness (QED) is 0.906. The number of benzene rings is 1. The zero-order valence-corrected chi connectivity index (χ0v) is 14.5. The van der Waals surface area contributed by atoms with Crippen LogP contribution in [0.5, 0.6) is 5.75 Å². The minimum Gasteiger partial charge on any atom is -0.497 e. The highest BCUT2D eigenvalue weighted by molar-refractivity contribution is 5.74. The van der Waals surface area contributed by atoms with Gasteiger partial charge in [0.2, 0.25) is 0 Å². The van der Waals surface area contributed by atoms with Crippen molar-refractivity contribution in [2.75, 3.05) is 44.7 Å². The number of ether oxygens (including phenoxy) is 1. The Kier molecular flexibility index (Phi) is 5.72. The normalized spacial score (nSPS) is 14.3. The van der Waals surface area contributed by atoms with Gasteiger partial charge in [0.05, 0.1) is 7.11 Å². The van der Waals surface area contributed by atoms with Crippen LogP contribution < -0.4 is 15.0 Å². The number of methoxy groups -OCH3 is 1. The van der Waals surface area contributed by atoms with Crippen molar-refractivity contribution in [3.63, 3.8) is 0 Å². The third-order valence-electron chi connectivity index (χ3n) is 4.36. The molecule has 1 aliphatic rings. The highest BCUT2D eigenvalue weighted by atomic mass is 16.5. The summed E-state index contributed by atoms with van der Waals surface area (Å²) in [6.45, 7) is 3.65. The van der Waals surface area contributed by atoms with Gasteiger partial charge in [-0.2, -0.15) is 0 Å². The molecule has 0 atom stereocenters. The molecule has 1 fully saturated rings. The number of pyridine rings is 1. The lowest BCUT2D eigenvalue weighted by molar-refractivity contribution is 0.194. The van der Waals surface area contributed by atoms with Crippen LogP contribution in [0.4, 0.5) is 10.6 Å². The van der Waals surface area contributed by atoms with Crippen LogP contribution in [0, 0.1) is 0 Å². The molecule has 0 radical (unpaired) electrons. The number of hydrogen-bond acceptors (Lipinski definition) is 4. The first-order valence-corrected chi connectivity index (χ1v) is 8.58. The fraction of sp³-hybridized carbons (Fsp3) is 0.368. The minimum absolute atomic E-state index is 0.00330. The second-order valence-electron chi connectivity index (χ2n) is 6.00. The first-order valence-electron chi connectivity index (χ1n) is 8.58. The van der Waals surface area contributed by atoms with E-state index in [2.05, 4.69) is 15.2 Å². The summed E-state index contributed by atoms with van der Waals surface area (Å²) in [5.74, 6) is 1.81. The lowest BCUT2D eigenvalue weighted by Crippen LogP contribution is -2.52. The van der Waals surface area contributed by atoms with Gasteiger partial charge in [0.15, 0.2) is 0 Å². The molecular weight excluding hydrogens is 316 g/mol. The van der Waals surface area contributed by atoms with Gasteiger partial charge in [0.25, 0.3) is 0 Å². The summed E-state index contributed by atoms with van der Waals surface area (Å²) in [5, 5.41) is 3.00. The molecular formula is C19H24N4O2. The molecule has 0 unspecified atom stereocenters. The molecule has 1 aromatic carbocycles. The maximum absolute atomic E-state index is 12.3. The third kappa shape index (κ3) is 4.62. The van der Waals surface area contributed by atoms with Crippen LogP contribution in [0.15, 0.2) is 48.7 Å². The summed E-state index contributed by atoms with van der Waals surface area (Å²) >= 11 is 0. The van der Waals surface area contributed by atoms with E-state index in [4.69, 9.17) is 4.74 Å². The average Bonchev–Trinajstić information content (AvgIpc) is 2.69. The second kappa shape index (κ2) is 8.37. The Morgan fingerprint density at radius 3 is 2.72 bits per heavy atom. The number of amides is 2. The molecule has 1 N–H and O–H groups in total. The van der Waals surface area contributed by atoms with Gasteiger partial charge in [-0.05, 0) is 36.2 Å². The van der Waals surface area contributed by atoms with Crippen LogP contribution in [0.1, 0.15) is 5.56 Å². The monoisotopic (exact) mass is 340 g/mol. The number of urea groups is 1. The van der Waals surface area contributed by atoms with Gasteiger partial charge >= 0.3 is 6.03 Å². The van der Waals surface area contributed by atoms with Crippen LogP contribution in [-0.4, -0.2) is 55.7 Å². The molecule has 0 spiro atoms. The lowest BCUT2D eigenvalue weighted by Gasteiger charge is -2.35. The molecule has 0 bridgehead atoms. The van der Waals surface area contributed by atoms with Crippen molar-refractivity contribution < 1.29 is 9.53 Å². The number of carbonyl (C=O) groups is 1. The highest BCUT2D eigenvalue weighted by Crippen LogP contribution is 2.13. The van der Waals surface area contributed by atoms with E-state index in [9.17, 15) is 4.79 Å². The summed E-state index contributed by atoms with van der Waals surface area (Å²) in [6.07, 6.45) is 2.59. The van der Waals surface area contributed by atoms with Crippen LogP contribution in [0.3, 0.4) is 0 Å². The molecule has 3 rings (SSSR count). The van der Waals surface area contributed by atoms with E-state index in [0.717, 1.165) is 36.6 Å². The molecule has 2 heterocycles. The smallest absolute Gasteiger partial charge is 0.317 e. The van der Waals surface area contributed by atoms with Gasteiger partial charge in [-0.3, -0.25) is 0 Å². The Morgan fingerprint density at radius 1 is 1.16 bits per heavy atom. The fourth-order valence-electron chi connectivity index (χ4n) is 2.93.